The molecule has 2 saturated carbocycles. The van der Waals surface area contributed by atoms with Gasteiger partial charge in [0.1, 0.15) is 0 Å². The SMILES string of the molecule is COCCN(C1CC1)C1(CN)CCC(C(C)(C)C)CC1. The van der Waals surface area contributed by atoms with Crippen LogP contribution >= 0.6 is 0 Å². The van der Waals surface area contributed by atoms with Crippen LogP contribution in [0.3, 0.4) is 0 Å². The summed E-state index contributed by atoms with van der Waals surface area (Å²) in [5.41, 5.74) is 6.94. The van der Waals surface area contributed by atoms with Gasteiger partial charge in [-0.2, -0.15) is 0 Å². The molecule has 0 aromatic carbocycles. The fourth-order valence-electron chi connectivity index (χ4n) is 4.01. The van der Waals surface area contributed by atoms with E-state index in [-0.39, 0.29) is 5.54 Å². The molecule has 0 atom stereocenters. The van der Waals surface area contributed by atoms with E-state index in [9.17, 15) is 0 Å². The van der Waals surface area contributed by atoms with Crippen molar-refractivity contribution < 1.29 is 4.74 Å². The minimum atomic E-state index is 0.251. The molecule has 2 aliphatic carbocycles. The van der Waals surface area contributed by atoms with Gasteiger partial charge in [0.2, 0.25) is 0 Å². The highest BCUT2D eigenvalue weighted by Gasteiger charge is 2.46. The Balaban J connectivity index is 2.02. The van der Waals surface area contributed by atoms with Crippen molar-refractivity contribution in [3.63, 3.8) is 0 Å². The smallest absolute Gasteiger partial charge is 0.0590 e. The van der Waals surface area contributed by atoms with E-state index in [2.05, 4.69) is 25.7 Å². The fourth-order valence-corrected chi connectivity index (χ4v) is 4.01. The molecule has 2 aliphatic rings. The first kappa shape index (κ1) is 16.3. The van der Waals surface area contributed by atoms with E-state index >= 15 is 0 Å². The Morgan fingerprint density at radius 3 is 2.15 bits per heavy atom. The van der Waals surface area contributed by atoms with Gasteiger partial charge in [0.05, 0.1) is 6.61 Å². The minimum Gasteiger partial charge on any atom is -0.383 e. The standard InChI is InChI=1S/C17H34N2O/c1-16(2,3)14-7-9-17(13-18,10-8-14)19(11-12-20-4)15-5-6-15/h14-15H,5-13,18H2,1-4H3. The Hall–Kier alpha value is -0.120. The number of hydrogen-bond acceptors (Lipinski definition) is 3. The number of nitrogens with two attached hydrogens (primary N) is 1. The summed E-state index contributed by atoms with van der Waals surface area (Å²) in [7, 11) is 1.80. The number of ether oxygens (including phenoxy) is 1. The lowest BCUT2D eigenvalue weighted by molar-refractivity contribution is 0.00107. The van der Waals surface area contributed by atoms with E-state index < -0.39 is 0 Å². The molecule has 0 bridgehead atoms. The maximum Gasteiger partial charge on any atom is 0.0590 e. The number of nitrogens with zero attached hydrogens (tertiary/aromatic N) is 1. The van der Waals surface area contributed by atoms with Crippen LogP contribution < -0.4 is 5.73 Å². The second kappa shape index (κ2) is 6.33. The van der Waals surface area contributed by atoms with E-state index in [1.807, 2.05) is 0 Å². The number of methoxy groups -OCH3 is 1. The van der Waals surface area contributed by atoms with Crippen LogP contribution in [0.2, 0.25) is 0 Å². The lowest BCUT2D eigenvalue weighted by Crippen LogP contribution is -2.58. The van der Waals surface area contributed by atoms with Gasteiger partial charge in [-0.3, -0.25) is 4.90 Å². The molecule has 0 aromatic heterocycles. The van der Waals surface area contributed by atoms with Crippen LogP contribution in [-0.4, -0.2) is 43.3 Å². The Bertz CT molecular complexity index is 299. The molecule has 2 fully saturated rings. The molecule has 0 unspecified atom stereocenters. The first-order valence-corrected chi connectivity index (χ1v) is 8.39. The molecule has 3 nitrogen and oxygen atoms in total. The van der Waals surface area contributed by atoms with Crippen molar-refractivity contribution in [2.75, 3.05) is 26.8 Å². The quantitative estimate of drug-likeness (QED) is 0.814. The molecule has 3 heteroatoms. The van der Waals surface area contributed by atoms with Crippen molar-refractivity contribution in [1.29, 1.82) is 0 Å². The zero-order chi connectivity index (χ0) is 14.8. The fraction of sp³-hybridized carbons (Fsp3) is 1.00. The average Bonchev–Trinajstić information content (AvgIpc) is 3.23. The second-order valence-corrected chi connectivity index (χ2v) is 7.99. The zero-order valence-corrected chi connectivity index (χ0v) is 14.0. The highest BCUT2D eigenvalue weighted by atomic mass is 16.5. The molecule has 0 amide bonds. The van der Waals surface area contributed by atoms with Crippen LogP contribution in [0.25, 0.3) is 0 Å². The van der Waals surface area contributed by atoms with Crippen molar-refractivity contribution in [3.8, 4) is 0 Å². The van der Waals surface area contributed by atoms with Crippen molar-refractivity contribution in [1.82, 2.24) is 4.90 Å². The topological polar surface area (TPSA) is 38.5 Å². The van der Waals surface area contributed by atoms with Gasteiger partial charge in [-0.15, -0.1) is 0 Å². The van der Waals surface area contributed by atoms with Gasteiger partial charge in [0, 0.05) is 31.8 Å². The summed E-state index contributed by atoms with van der Waals surface area (Å²) in [5, 5.41) is 0. The van der Waals surface area contributed by atoms with Gasteiger partial charge in [-0.05, 0) is 49.9 Å². The van der Waals surface area contributed by atoms with E-state index in [1.165, 1.54) is 38.5 Å². The predicted octanol–water partition coefficient (Wildman–Crippen LogP) is 3.03. The Labute approximate surface area is 125 Å². The summed E-state index contributed by atoms with van der Waals surface area (Å²) in [6.07, 6.45) is 7.91. The van der Waals surface area contributed by atoms with Crippen molar-refractivity contribution in [2.24, 2.45) is 17.1 Å². The maximum atomic E-state index is 6.25. The summed E-state index contributed by atoms with van der Waals surface area (Å²) in [6.45, 7) is 9.85. The minimum absolute atomic E-state index is 0.251. The predicted molar refractivity (Wildman–Crippen MR) is 84.8 cm³/mol. The Morgan fingerprint density at radius 1 is 1.15 bits per heavy atom. The number of hydrogen-bond donors (Lipinski definition) is 1. The van der Waals surface area contributed by atoms with E-state index in [0.717, 1.165) is 31.7 Å². The molecule has 0 saturated heterocycles. The summed E-state index contributed by atoms with van der Waals surface area (Å²) in [5.74, 6) is 0.852. The van der Waals surface area contributed by atoms with Crippen LogP contribution in [0, 0.1) is 11.3 Å². The van der Waals surface area contributed by atoms with Gasteiger partial charge in [-0.25, -0.2) is 0 Å². The first-order valence-electron chi connectivity index (χ1n) is 8.39. The van der Waals surface area contributed by atoms with Crippen LogP contribution in [-0.2, 0) is 4.74 Å². The molecule has 0 spiro atoms. The maximum absolute atomic E-state index is 6.25. The highest BCUT2D eigenvalue weighted by molar-refractivity contribution is 5.02. The normalized spacial score (nSPS) is 31.8. The van der Waals surface area contributed by atoms with Crippen LogP contribution in [0.15, 0.2) is 0 Å². The van der Waals surface area contributed by atoms with E-state index in [1.54, 1.807) is 7.11 Å². The summed E-state index contributed by atoms with van der Waals surface area (Å²) >= 11 is 0. The largest absolute Gasteiger partial charge is 0.383 e. The van der Waals surface area contributed by atoms with Crippen molar-refractivity contribution in [2.45, 2.75) is 70.9 Å². The van der Waals surface area contributed by atoms with Gasteiger partial charge in [0.15, 0.2) is 0 Å². The van der Waals surface area contributed by atoms with Crippen LogP contribution in [0.5, 0.6) is 0 Å². The van der Waals surface area contributed by atoms with Gasteiger partial charge < -0.3 is 10.5 Å². The summed E-state index contributed by atoms with van der Waals surface area (Å²) in [4.78, 5) is 2.70. The van der Waals surface area contributed by atoms with Crippen LogP contribution in [0.1, 0.15) is 59.3 Å². The molecule has 118 valence electrons. The Kier molecular flexibility index (Phi) is 5.14. The second-order valence-electron chi connectivity index (χ2n) is 7.99. The molecule has 0 radical (unpaired) electrons. The Morgan fingerprint density at radius 2 is 1.75 bits per heavy atom. The third-order valence-corrected chi connectivity index (χ3v) is 5.65. The lowest BCUT2D eigenvalue weighted by atomic mass is 9.66. The third-order valence-electron chi connectivity index (χ3n) is 5.65. The molecule has 0 aliphatic heterocycles. The molecular formula is C17H34N2O. The summed E-state index contributed by atoms with van der Waals surface area (Å²) in [6, 6.07) is 0.778. The zero-order valence-electron chi connectivity index (χ0n) is 14.0. The average molecular weight is 282 g/mol. The molecule has 2 rings (SSSR count). The lowest BCUT2D eigenvalue weighted by Gasteiger charge is -2.50. The first-order chi connectivity index (χ1) is 9.43. The van der Waals surface area contributed by atoms with Crippen molar-refractivity contribution in [3.05, 3.63) is 0 Å². The molecule has 20 heavy (non-hydrogen) atoms. The number of rotatable bonds is 6. The molecular weight excluding hydrogens is 248 g/mol. The van der Waals surface area contributed by atoms with E-state index in [0.29, 0.717) is 5.41 Å². The van der Waals surface area contributed by atoms with Gasteiger partial charge in [-0.1, -0.05) is 20.8 Å². The summed E-state index contributed by atoms with van der Waals surface area (Å²) < 4.78 is 5.32. The highest BCUT2D eigenvalue weighted by Crippen LogP contribution is 2.46. The van der Waals surface area contributed by atoms with Crippen molar-refractivity contribution >= 4 is 0 Å². The monoisotopic (exact) mass is 282 g/mol. The molecule has 0 aromatic rings. The molecule has 2 N–H and O–H groups in total. The van der Waals surface area contributed by atoms with Gasteiger partial charge >= 0.3 is 0 Å². The van der Waals surface area contributed by atoms with E-state index in [4.69, 9.17) is 10.5 Å². The van der Waals surface area contributed by atoms with Gasteiger partial charge in [0.25, 0.3) is 0 Å². The van der Waals surface area contributed by atoms with Crippen LogP contribution in [0.4, 0.5) is 0 Å². The molecule has 0 heterocycles. The third kappa shape index (κ3) is 3.55.